The zero-order valence-electron chi connectivity index (χ0n) is 17.3. The van der Waals surface area contributed by atoms with Crippen molar-refractivity contribution >= 4 is 16.8 Å². The van der Waals surface area contributed by atoms with E-state index in [9.17, 15) is 9.59 Å². The number of fused-ring (bicyclic) bond motifs is 2. The Morgan fingerprint density at radius 3 is 2.87 bits per heavy atom. The van der Waals surface area contributed by atoms with Gasteiger partial charge in [0.05, 0.1) is 42.3 Å². The summed E-state index contributed by atoms with van der Waals surface area (Å²) >= 11 is 0. The molecule has 3 heterocycles. The third-order valence-electron chi connectivity index (χ3n) is 5.86. The Morgan fingerprint density at radius 2 is 2.03 bits per heavy atom. The van der Waals surface area contributed by atoms with Crippen LogP contribution in [0.3, 0.4) is 0 Å². The summed E-state index contributed by atoms with van der Waals surface area (Å²) in [4.78, 5) is 32.2. The molecule has 0 saturated carbocycles. The lowest BCUT2D eigenvalue weighted by Gasteiger charge is -2.22. The van der Waals surface area contributed by atoms with Crippen LogP contribution in [0, 0.1) is 0 Å². The number of amides is 1. The number of carbonyl (C=O) groups is 1. The molecular weight excluding hydrogens is 394 g/mol. The first-order valence-corrected chi connectivity index (χ1v) is 10.4. The maximum atomic E-state index is 13.3. The second-order valence-electron chi connectivity index (χ2n) is 7.87. The zero-order valence-corrected chi connectivity index (χ0v) is 17.3. The van der Waals surface area contributed by atoms with E-state index in [0.717, 1.165) is 25.0 Å². The van der Waals surface area contributed by atoms with Crippen molar-refractivity contribution in [2.75, 3.05) is 0 Å². The molecule has 0 N–H and O–H groups in total. The minimum absolute atomic E-state index is 0.0909. The van der Waals surface area contributed by atoms with Gasteiger partial charge < -0.3 is 9.32 Å². The molecule has 5 rings (SSSR count). The molecule has 1 aliphatic rings. The molecule has 1 amide bonds. The lowest BCUT2D eigenvalue weighted by Crippen LogP contribution is -2.36. The maximum Gasteiger partial charge on any atom is 0.261 e. The largest absolute Gasteiger partial charge is 0.467 e. The number of furan rings is 1. The smallest absolute Gasteiger partial charge is 0.261 e. The number of rotatable bonds is 6. The van der Waals surface area contributed by atoms with Gasteiger partial charge in [0.2, 0.25) is 5.91 Å². The number of hydrogen-bond acceptors (Lipinski definition) is 5. The standard InChI is InChI=1S/C23H23N5O3/c1-26-21-10-4-8-17(21)20(25-26)13-27(12-16-6-5-11-31-16)22(29)14-28-15-24-19-9-3-2-7-18(19)23(28)30/h2-3,5-7,9,11,15H,4,8,10,12-14H2,1H3. The highest BCUT2D eigenvalue weighted by Gasteiger charge is 2.25. The molecule has 0 aliphatic heterocycles. The number of nitrogens with zero attached hydrogens (tertiary/aromatic N) is 5. The summed E-state index contributed by atoms with van der Waals surface area (Å²) in [6.45, 7) is 0.595. The first-order valence-electron chi connectivity index (χ1n) is 10.4. The molecule has 8 nitrogen and oxygen atoms in total. The van der Waals surface area contributed by atoms with E-state index < -0.39 is 0 Å². The van der Waals surface area contributed by atoms with Gasteiger partial charge in [-0.15, -0.1) is 0 Å². The summed E-state index contributed by atoms with van der Waals surface area (Å²) < 4.78 is 8.77. The average Bonchev–Trinajstić information content (AvgIpc) is 3.51. The summed E-state index contributed by atoms with van der Waals surface area (Å²) in [6.07, 6.45) is 6.14. The predicted molar refractivity (Wildman–Crippen MR) is 114 cm³/mol. The average molecular weight is 417 g/mol. The molecule has 0 radical (unpaired) electrons. The molecule has 4 aromatic rings. The Morgan fingerprint density at radius 1 is 1.16 bits per heavy atom. The van der Waals surface area contributed by atoms with Gasteiger partial charge in [0.1, 0.15) is 12.3 Å². The number of carbonyl (C=O) groups excluding carboxylic acids is 1. The quantitative estimate of drug-likeness (QED) is 0.481. The van der Waals surface area contributed by atoms with Crippen molar-refractivity contribution in [3.8, 4) is 0 Å². The van der Waals surface area contributed by atoms with Crippen LogP contribution >= 0.6 is 0 Å². The number of para-hydroxylation sites is 1. The Bertz CT molecular complexity index is 1300. The first kappa shape index (κ1) is 19.3. The van der Waals surface area contributed by atoms with Gasteiger partial charge in [-0.3, -0.25) is 18.8 Å². The highest BCUT2D eigenvalue weighted by atomic mass is 16.3. The molecule has 0 unspecified atom stereocenters. The fourth-order valence-corrected chi connectivity index (χ4v) is 4.29. The first-order chi connectivity index (χ1) is 15.1. The second-order valence-corrected chi connectivity index (χ2v) is 7.87. The van der Waals surface area contributed by atoms with Crippen LogP contribution in [0.25, 0.3) is 10.9 Å². The SMILES string of the molecule is Cn1nc(CN(Cc2ccco2)C(=O)Cn2cnc3ccccc3c2=O)c2c1CCC2. The molecule has 1 aromatic carbocycles. The molecule has 158 valence electrons. The number of benzene rings is 1. The van der Waals surface area contributed by atoms with Crippen LogP contribution in [0.1, 0.15) is 29.1 Å². The number of hydrogen-bond donors (Lipinski definition) is 0. The number of aryl methyl sites for hydroxylation is 1. The van der Waals surface area contributed by atoms with Crippen LogP contribution in [0.15, 0.2) is 58.2 Å². The van der Waals surface area contributed by atoms with Gasteiger partial charge in [0, 0.05) is 12.7 Å². The third kappa shape index (κ3) is 3.65. The molecule has 0 spiro atoms. The van der Waals surface area contributed by atoms with Crippen LogP contribution in [0.4, 0.5) is 0 Å². The molecule has 0 bridgehead atoms. The van der Waals surface area contributed by atoms with E-state index in [1.165, 1.54) is 22.2 Å². The Labute approximate surface area is 178 Å². The van der Waals surface area contributed by atoms with Gasteiger partial charge in [-0.1, -0.05) is 12.1 Å². The van der Waals surface area contributed by atoms with Gasteiger partial charge in [-0.25, -0.2) is 4.98 Å². The van der Waals surface area contributed by atoms with E-state index in [2.05, 4.69) is 10.1 Å². The highest BCUT2D eigenvalue weighted by molar-refractivity contribution is 5.79. The monoisotopic (exact) mass is 417 g/mol. The van der Waals surface area contributed by atoms with Gasteiger partial charge >= 0.3 is 0 Å². The van der Waals surface area contributed by atoms with Crippen LogP contribution in [-0.4, -0.2) is 30.1 Å². The second kappa shape index (κ2) is 7.86. The van der Waals surface area contributed by atoms with E-state index >= 15 is 0 Å². The summed E-state index contributed by atoms with van der Waals surface area (Å²) in [7, 11) is 1.95. The van der Waals surface area contributed by atoms with Crippen LogP contribution in [0.5, 0.6) is 0 Å². The van der Waals surface area contributed by atoms with Gasteiger partial charge in [-0.2, -0.15) is 5.10 Å². The molecule has 3 aromatic heterocycles. The fraction of sp³-hybridized carbons (Fsp3) is 0.304. The van der Waals surface area contributed by atoms with Crippen molar-refractivity contribution < 1.29 is 9.21 Å². The van der Waals surface area contributed by atoms with E-state index in [4.69, 9.17) is 4.42 Å². The molecular formula is C23H23N5O3. The minimum atomic E-state index is -0.226. The molecule has 0 saturated heterocycles. The summed E-state index contributed by atoms with van der Waals surface area (Å²) in [5.41, 5.74) is 3.79. The molecule has 8 heteroatoms. The fourth-order valence-electron chi connectivity index (χ4n) is 4.29. The lowest BCUT2D eigenvalue weighted by atomic mass is 10.2. The van der Waals surface area contributed by atoms with Crippen molar-refractivity contribution in [1.82, 2.24) is 24.2 Å². The predicted octanol–water partition coefficient (Wildman–Crippen LogP) is 2.44. The summed E-state index contributed by atoms with van der Waals surface area (Å²) in [5.74, 6) is 0.498. The van der Waals surface area contributed by atoms with E-state index in [0.29, 0.717) is 29.8 Å². The molecule has 0 fully saturated rings. The Balaban J connectivity index is 1.44. The van der Waals surface area contributed by atoms with Crippen molar-refractivity contribution in [2.24, 2.45) is 7.05 Å². The number of aromatic nitrogens is 4. The van der Waals surface area contributed by atoms with Crippen molar-refractivity contribution in [2.45, 2.75) is 38.9 Å². The zero-order chi connectivity index (χ0) is 21.4. The Kier molecular flexibility index (Phi) is 4.89. The van der Waals surface area contributed by atoms with Gasteiger partial charge in [-0.05, 0) is 49.1 Å². The normalized spacial score (nSPS) is 12.9. The van der Waals surface area contributed by atoms with Gasteiger partial charge in [0.25, 0.3) is 5.56 Å². The molecule has 0 atom stereocenters. The van der Waals surface area contributed by atoms with Crippen LogP contribution in [0.2, 0.25) is 0 Å². The van der Waals surface area contributed by atoms with Crippen molar-refractivity contribution in [3.63, 3.8) is 0 Å². The molecule has 1 aliphatic carbocycles. The van der Waals surface area contributed by atoms with E-state index in [1.807, 2.05) is 23.9 Å². The minimum Gasteiger partial charge on any atom is -0.467 e. The van der Waals surface area contributed by atoms with E-state index in [1.54, 1.807) is 35.4 Å². The topological polar surface area (TPSA) is 86.2 Å². The Hall–Kier alpha value is -3.68. The van der Waals surface area contributed by atoms with Crippen molar-refractivity contribution in [1.29, 1.82) is 0 Å². The third-order valence-corrected chi connectivity index (χ3v) is 5.86. The lowest BCUT2D eigenvalue weighted by molar-refractivity contribution is -0.133. The summed E-state index contributed by atoms with van der Waals surface area (Å²) in [6, 6.07) is 10.8. The van der Waals surface area contributed by atoms with E-state index in [-0.39, 0.29) is 18.0 Å². The van der Waals surface area contributed by atoms with Gasteiger partial charge in [0.15, 0.2) is 0 Å². The van der Waals surface area contributed by atoms with Crippen molar-refractivity contribution in [3.05, 3.63) is 82.1 Å². The summed E-state index contributed by atoms with van der Waals surface area (Å²) in [5, 5.41) is 5.16. The van der Waals surface area contributed by atoms with Crippen LogP contribution < -0.4 is 5.56 Å². The highest BCUT2D eigenvalue weighted by Crippen LogP contribution is 2.26. The molecule has 31 heavy (non-hydrogen) atoms. The van der Waals surface area contributed by atoms with Crippen LogP contribution in [-0.2, 0) is 44.3 Å². The maximum absolute atomic E-state index is 13.3.